The van der Waals surface area contributed by atoms with Gasteiger partial charge in [0.25, 0.3) is 11.6 Å². The summed E-state index contributed by atoms with van der Waals surface area (Å²) in [6, 6.07) is 6.53. The molecule has 0 saturated carbocycles. The van der Waals surface area contributed by atoms with E-state index in [0.717, 1.165) is 5.56 Å². The van der Waals surface area contributed by atoms with Crippen LogP contribution in [0.4, 0.5) is 0 Å². The van der Waals surface area contributed by atoms with E-state index in [1.54, 1.807) is 24.3 Å². The smallest absolute Gasteiger partial charge is 0.364 e. The van der Waals surface area contributed by atoms with Crippen molar-refractivity contribution in [2.24, 2.45) is 11.8 Å². The van der Waals surface area contributed by atoms with Gasteiger partial charge in [-0.2, -0.15) is 0 Å². The van der Waals surface area contributed by atoms with E-state index in [2.05, 4.69) is 0 Å². The lowest BCUT2D eigenvalue weighted by molar-refractivity contribution is -0.388. The highest BCUT2D eigenvalue weighted by atomic mass is 16.8. The number of ether oxygens (including phenoxy) is 8. The summed E-state index contributed by atoms with van der Waals surface area (Å²) in [5.74, 6) is -12.2. The number of aliphatic hydroxyl groups is 13. The van der Waals surface area contributed by atoms with Crippen molar-refractivity contribution in [1.29, 1.82) is 0 Å². The molecule has 1 aromatic carbocycles. The second kappa shape index (κ2) is 21.4. The number of rotatable bonds is 18. The number of carboxylic acids is 2. The molecule has 4 fully saturated rings. The second-order valence-corrected chi connectivity index (χ2v) is 16.6. The van der Waals surface area contributed by atoms with Crippen LogP contribution in [0.5, 0.6) is 5.75 Å². The first kappa shape index (κ1) is 52.1. The van der Waals surface area contributed by atoms with Crippen molar-refractivity contribution in [2.75, 3.05) is 26.4 Å². The van der Waals surface area contributed by atoms with Gasteiger partial charge in [0.2, 0.25) is 6.29 Å². The van der Waals surface area contributed by atoms with E-state index < -0.39 is 185 Å². The van der Waals surface area contributed by atoms with Crippen molar-refractivity contribution in [3.05, 3.63) is 29.8 Å². The Labute approximate surface area is 365 Å². The highest BCUT2D eigenvalue weighted by molar-refractivity contribution is 5.76. The van der Waals surface area contributed by atoms with Crippen molar-refractivity contribution in [2.45, 2.75) is 155 Å². The van der Waals surface area contributed by atoms with E-state index in [1.807, 2.05) is 6.92 Å². The van der Waals surface area contributed by atoms with E-state index in [9.17, 15) is 86.2 Å². The van der Waals surface area contributed by atoms with E-state index in [-0.39, 0.29) is 5.75 Å². The third-order valence-corrected chi connectivity index (χ3v) is 12.2. The zero-order chi connectivity index (χ0) is 47.6. The number of hydrogen-bond donors (Lipinski definition) is 15. The minimum absolute atomic E-state index is 0.234. The fraction of sp³-hybridized carbons (Fsp3) is 0.795. The summed E-state index contributed by atoms with van der Waals surface area (Å²) in [6.45, 7) is 0.287. The van der Waals surface area contributed by atoms with Crippen LogP contribution in [-0.2, 0) is 42.7 Å². The van der Waals surface area contributed by atoms with Crippen molar-refractivity contribution < 1.29 is 124 Å². The molecule has 1 aromatic rings. The summed E-state index contributed by atoms with van der Waals surface area (Å²) in [6.07, 6.45) is -36.1. The molecule has 4 saturated heterocycles. The molecule has 0 radical (unpaired) electrons. The normalized spacial score (nSPS) is 42.6. The van der Waals surface area contributed by atoms with E-state index >= 15 is 0 Å². The van der Waals surface area contributed by atoms with Gasteiger partial charge in [0.1, 0.15) is 79.0 Å². The molecule has 0 amide bonds. The molecule has 0 aromatic heterocycles. The summed E-state index contributed by atoms with van der Waals surface area (Å²) >= 11 is 0. The molecule has 0 spiro atoms. The van der Waals surface area contributed by atoms with Gasteiger partial charge >= 0.3 is 11.9 Å². The van der Waals surface area contributed by atoms with E-state index in [1.165, 1.54) is 13.8 Å². The largest absolute Gasteiger partial charge is 0.477 e. The zero-order valence-electron chi connectivity index (χ0n) is 34.9. The average molecular weight is 929 g/mol. The van der Waals surface area contributed by atoms with Gasteiger partial charge in [0.15, 0.2) is 6.29 Å². The molecule has 64 heavy (non-hydrogen) atoms. The third-order valence-electron chi connectivity index (χ3n) is 12.2. The fourth-order valence-corrected chi connectivity index (χ4v) is 8.15. The number of aryl methyl sites for hydroxylation is 1. The number of aliphatic carboxylic acids is 2. The molecule has 0 aliphatic carbocycles. The maximum atomic E-state index is 13.1. The van der Waals surface area contributed by atoms with Crippen molar-refractivity contribution in [3.8, 4) is 5.75 Å². The highest BCUT2D eigenvalue weighted by Crippen LogP contribution is 2.42. The number of aliphatic hydroxyl groups excluding tert-OH is 13. The van der Waals surface area contributed by atoms with Crippen LogP contribution in [0.25, 0.3) is 0 Å². The molecule has 19 unspecified atom stereocenters. The molecule has 366 valence electrons. The maximum Gasteiger partial charge on any atom is 0.364 e. The van der Waals surface area contributed by atoms with Gasteiger partial charge in [-0.1, -0.05) is 31.5 Å². The molecule has 5 rings (SSSR count). The number of hydrogen-bond acceptors (Lipinski definition) is 23. The van der Waals surface area contributed by atoms with Gasteiger partial charge < -0.3 is 114 Å². The van der Waals surface area contributed by atoms with E-state index in [4.69, 9.17) is 37.9 Å². The Morgan fingerprint density at radius 3 is 1.75 bits per heavy atom. The van der Waals surface area contributed by atoms with Crippen LogP contribution in [0.3, 0.4) is 0 Å². The lowest BCUT2D eigenvalue weighted by Crippen LogP contribution is -2.68. The predicted molar refractivity (Wildman–Crippen MR) is 204 cm³/mol. The first-order valence-corrected chi connectivity index (χ1v) is 20.5. The van der Waals surface area contributed by atoms with Crippen LogP contribution >= 0.6 is 0 Å². The van der Waals surface area contributed by atoms with Gasteiger partial charge in [-0.3, -0.25) is 0 Å². The molecule has 25 nitrogen and oxygen atoms in total. The summed E-state index contributed by atoms with van der Waals surface area (Å²) in [5.41, 5.74) is 0.889. The fourth-order valence-electron chi connectivity index (χ4n) is 8.15. The molecule has 0 bridgehead atoms. The zero-order valence-corrected chi connectivity index (χ0v) is 34.9. The summed E-state index contributed by atoms with van der Waals surface area (Å²) < 4.78 is 45.4. The van der Waals surface area contributed by atoms with E-state index in [0.29, 0.717) is 0 Å². The Morgan fingerprint density at radius 1 is 0.688 bits per heavy atom. The van der Waals surface area contributed by atoms with Crippen molar-refractivity contribution >= 4 is 11.9 Å². The van der Waals surface area contributed by atoms with Gasteiger partial charge in [-0.25, -0.2) is 9.59 Å². The summed E-state index contributed by atoms with van der Waals surface area (Å²) in [5, 5.41) is 160. The number of benzene rings is 1. The van der Waals surface area contributed by atoms with Crippen molar-refractivity contribution in [3.63, 3.8) is 0 Å². The first-order valence-electron chi connectivity index (χ1n) is 20.5. The molecule has 15 N–H and O–H groups in total. The van der Waals surface area contributed by atoms with Gasteiger partial charge in [-0.05, 0) is 19.1 Å². The van der Waals surface area contributed by atoms with Crippen LogP contribution in [0.2, 0.25) is 0 Å². The minimum atomic E-state index is -3.13. The van der Waals surface area contributed by atoms with Crippen LogP contribution in [-0.4, -0.2) is 237 Å². The Morgan fingerprint density at radius 2 is 1.22 bits per heavy atom. The topological polar surface area (TPSA) is 411 Å². The average Bonchev–Trinajstić information content (AvgIpc) is 3.26. The Bertz CT molecular complexity index is 1670. The maximum absolute atomic E-state index is 13.1. The molecular formula is C39H60O25. The highest BCUT2D eigenvalue weighted by Gasteiger charge is 2.61. The Balaban J connectivity index is 1.38. The SMILES string of the molecule is Cc1ccc(OC2OC(CO)C(OC3OC(CO)C(O)C(OC4(C(=O)O)CC(O)C(C)C([C@H](O)C(CO)OC5(C(=O)O)CC(O)C(C)C([C@H](O)[C@H](O)CO)O5)O4)C3O)C(O)C2O)cc1. The molecular weight excluding hydrogens is 868 g/mol. The third kappa shape index (κ3) is 10.6. The lowest BCUT2D eigenvalue weighted by Gasteiger charge is -2.51. The predicted octanol–water partition coefficient (Wildman–Crippen LogP) is -6.39. The summed E-state index contributed by atoms with van der Waals surface area (Å²) in [4.78, 5) is 25.8. The molecule has 4 aliphatic heterocycles. The molecule has 22 atom stereocenters. The summed E-state index contributed by atoms with van der Waals surface area (Å²) in [7, 11) is 0. The molecule has 4 heterocycles. The van der Waals surface area contributed by atoms with Crippen LogP contribution in [0, 0.1) is 18.8 Å². The van der Waals surface area contributed by atoms with Crippen molar-refractivity contribution in [1.82, 2.24) is 0 Å². The number of carboxylic acid groups (broad SMARTS) is 2. The Hall–Kier alpha value is -2.84. The van der Waals surface area contributed by atoms with Crippen LogP contribution < -0.4 is 4.74 Å². The number of carbonyl (C=O) groups is 2. The molecule has 25 heteroatoms. The molecule has 4 aliphatic rings. The second-order valence-electron chi connectivity index (χ2n) is 16.6. The first-order chi connectivity index (χ1) is 30.1. The standard InChI is InChI=1S/C39H60O25/c1-14-4-6-17(7-5-14)57-34-28(51)27(50)32(23(13-43)59-34)60-35-29(52)33(25(48)21(11-41)58-35)64-39(37(55)56)9-19(45)16(3)31(63-39)26(49)22(12-42)61-38(36(53)54)8-18(44)15(2)30(62-38)24(47)20(46)10-40/h4-7,15-16,18-35,40-52H,8-13H2,1-3H3,(H,53,54)(H,55,56)/t15?,16?,18?,19?,20-,21?,22?,23?,24-,25?,26-,27?,28?,29?,30?,31?,32?,33?,34?,35?,38?,39?/m1/s1. The quantitative estimate of drug-likeness (QED) is 0.0651. The van der Waals surface area contributed by atoms with Crippen LogP contribution in [0.15, 0.2) is 24.3 Å². The lowest BCUT2D eigenvalue weighted by atomic mass is 9.83. The van der Waals surface area contributed by atoms with Crippen LogP contribution in [0.1, 0.15) is 32.3 Å². The van der Waals surface area contributed by atoms with Gasteiger partial charge in [0, 0.05) is 24.7 Å². The van der Waals surface area contributed by atoms with Gasteiger partial charge in [-0.15, -0.1) is 0 Å². The van der Waals surface area contributed by atoms with Gasteiger partial charge in [0.05, 0.1) is 50.8 Å². The Kier molecular flexibility index (Phi) is 17.4. The minimum Gasteiger partial charge on any atom is -0.477 e. The monoisotopic (exact) mass is 928 g/mol.